The summed E-state index contributed by atoms with van der Waals surface area (Å²) in [5.41, 5.74) is -0.102. The summed E-state index contributed by atoms with van der Waals surface area (Å²) < 4.78 is 11.3. The molecule has 8 nitrogen and oxygen atoms in total. The van der Waals surface area contributed by atoms with Gasteiger partial charge < -0.3 is 29.9 Å². The topological polar surface area (TPSA) is 134 Å². The number of rotatable bonds is 3. The van der Waals surface area contributed by atoms with Crippen LogP contribution in [0.5, 0.6) is 0 Å². The van der Waals surface area contributed by atoms with Gasteiger partial charge in [-0.2, -0.15) is 0 Å². The highest BCUT2D eigenvalue weighted by atomic mass is 16.7. The van der Waals surface area contributed by atoms with E-state index in [1.54, 1.807) is 0 Å². The maximum atomic E-state index is 12.5. The molecule has 0 radical (unpaired) electrons. The molecular weight excluding hydrogens is 416 g/mol. The molecule has 0 amide bonds. The molecule has 5 rings (SSSR count). The van der Waals surface area contributed by atoms with E-state index in [-0.39, 0.29) is 11.5 Å². The van der Waals surface area contributed by atoms with Gasteiger partial charge in [-0.1, -0.05) is 6.92 Å². The van der Waals surface area contributed by atoms with Crippen LogP contribution in [-0.2, 0) is 19.1 Å². The van der Waals surface area contributed by atoms with Crippen LogP contribution in [0.2, 0.25) is 0 Å². The van der Waals surface area contributed by atoms with Gasteiger partial charge in [0, 0.05) is 11.8 Å². The van der Waals surface area contributed by atoms with Crippen molar-refractivity contribution >= 4 is 11.8 Å². The van der Waals surface area contributed by atoms with Gasteiger partial charge in [0.25, 0.3) is 0 Å². The van der Waals surface area contributed by atoms with Gasteiger partial charge in [0.05, 0.1) is 6.10 Å². The molecule has 4 aliphatic carbocycles. The van der Waals surface area contributed by atoms with Crippen molar-refractivity contribution in [3.05, 3.63) is 0 Å². The minimum absolute atomic E-state index is 0.102. The van der Waals surface area contributed by atoms with E-state index >= 15 is 0 Å². The third-order valence-electron chi connectivity index (χ3n) is 9.75. The number of ether oxygens (including phenoxy) is 2. The van der Waals surface area contributed by atoms with Gasteiger partial charge in [0.15, 0.2) is 12.4 Å². The third-order valence-corrected chi connectivity index (χ3v) is 9.75. The van der Waals surface area contributed by atoms with E-state index in [2.05, 4.69) is 6.92 Å². The second-order valence-electron chi connectivity index (χ2n) is 11.2. The molecule has 180 valence electrons. The number of ketones is 1. The number of hydrogen-bond donors (Lipinski definition) is 4. The largest absolute Gasteiger partial charge is 0.479 e. The molecule has 5 aliphatic rings. The van der Waals surface area contributed by atoms with Crippen LogP contribution in [0.4, 0.5) is 0 Å². The van der Waals surface area contributed by atoms with E-state index in [9.17, 15) is 30.0 Å². The highest BCUT2D eigenvalue weighted by Gasteiger charge is 2.57. The molecule has 4 N–H and O–H groups in total. The van der Waals surface area contributed by atoms with Gasteiger partial charge in [-0.25, -0.2) is 4.79 Å². The first-order valence-corrected chi connectivity index (χ1v) is 12.3. The second-order valence-corrected chi connectivity index (χ2v) is 11.2. The number of carbonyl (C=O) groups is 2. The number of aliphatic carboxylic acids is 1. The fraction of sp³-hybridized carbons (Fsp3) is 0.917. The Morgan fingerprint density at radius 1 is 0.969 bits per heavy atom. The maximum Gasteiger partial charge on any atom is 0.335 e. The molecule has 1 aliphatic heterocycles. The Hall–Kier alpha value is -1.06. The smallest absolute Gasteiger partial charge is 0.335 e. The zero-order valence-electron chi connectivity index (χ0n) is 18.6. The van der Waals surface area contributed by atoms with Crippen LogP contribution in [0.15, 0.2) is 0 Å². The molecular formula is C24H36O8. The summed E-state index contributed by atoms with van der Waals surface area (Å²) in [5, 5.41) is 39.4. The number of Topliss-reactive ketones (excluding diaryl/α,β-unsaturated/α-hetero) is 1. The van der Waals surface area contributed by atoms with Gasteiger partial charge in [-0.05, 0) is 81.0 Å². The van der Waals surface area contributed by atoms with E-state index < -0.39 is 36.7 Å². The van der Waals surface area contributed by atoms with Crippen molar-refractivity contribution in [2.45, 2.75) is 102 Å². The van der Waals surface area contributed by atoms with Gasteiger partial charge in [-0.15, -0.1) is 0 Å². The summed E-state index contributed by atoms with van der Waals surface area (Å²) in [6.07, 6.45) is 0.950. The zero-order valence-corrected chi connectivity index (χ0v) is 18.6. The molecule has 2 unspecified atom stereocenters. The first-order valence-electron chi connectivity index (χ1n) is 12.3. The zero-order chi connectivity index (χ0) is 22.8. The van der Waals surface area contributed by atoms with Crippen molar-refractivity contribution < 1.29 is 39.5 Å². The predicted octanol–water partition coefficient (Wildman–Crippen LogP) is 1.49. The summed E-state index contributed by atoms with van der Waals surface area (Å²) in [6.45, 7) is 2.20. The number of fused-ring (bicyclic) bond motifs is 5. The lowest BCUT2D eigenvalue weighted by molar-refractivity contribution is -0.308. The van der Waals surface area contributed by atoms with E-state index in [0.29, 0.717) is 35.4 Å². The predicted molar refractivity (Wildman–Crippen MR) is 111 cm³/mol. The SMILES string of the molecule is C[C@]12CC[C@H]3[C@@H](CCC4C[C@H](OC5O[C@H](C(=O)O)[C@@H](O)[C@H](O)[C@H]5O)CC[C@@H]43)[C@@H]1CCC2=O. The lowest BCUT2D eigenvalue weighted by Gasteiger charge is -2.55. The number of hydrogen-bond acceptors (Lipinski definition) is 7. The molecule has 32 heavy (non-hydrogen) atoms. The first kappa shape index (κ1) is 22.7. The number of carbonyl (C=O) groups excluding carboxylic acids is 1. The van der Waals surface area contributed by atoms with Crippen LogP contribution in [0, 0.1) is 35.0 Å². The summed E-state index contributed by atoms with van der Waals surface area (Å²) >= 11 is 0. The number of carboxylic acid groups (broad SMARTS) is 1. The van der Waals surface area contributed by atoms with Crippen LogP contribution in [-0.4, -0.2) is 69.0 Å². The highest BCUT2D eigenvalue weighted by Crippen LogP contribution is 2.61. The Bertz CT molecular complexity index is 756. The molecule has 0 aromatic rings. The van der Waals surface area contributed by atoms with E-state index in [1.807, 2.05) is 0 Å². The number of aliphatic hydroxyl groups is 3. The fourth-order valence-corrected chi connectivity index (χ4v) is 8.06. The van der Waals surface area contributed by atoms with Crippen molar-refractivity contribution in [2.75, 3.05) is 0 Å². The minimum Gasteiger partial charge on any atom is -0.479 e. The second kappa shape index (κ2) is 8.31. The van der Waals surface area contributed by atoms with Gasteiger partial charge in [0.1, 0.15) is 24.1 Å². The Morgan fingerprint density at radius 3 is 2.47 bits per heavy atom. The first-order chi connectivity index (χ1) is 15.2. The lowest BCUT2D eigenvalue weighted by atomic mass is 9.50. The monoisotopic (exact) mass is 452 g/mol. The van der Waals surface area contributed by atoms with E-state index in [4.69, 9.17) is 9.47 Å². The van der Waals surface area contributed by atoms with Crippen molar-refractivity contribution in [1.82, 2.24) is 0 Å². The summed E-state index contributed by atoms with van der Waals surface area (Å²) in [4.78, 5) is 23.9. The van der Waals surface area contributed by atoms with E-state index in [1.165, 1.54) is 0 Å². The molecule has 8 heteroatoms. The number of carboxylic acids is 1. The highest BCUT2D eigenvalue weighted by molar-refractivity contribution is 5.87. The summed E-state index contributed by atoms with van der Waals surface area (Å²) in [5.74, 6) is 2.08. The molecule has 0 aromatic heterocycles. The van der Waals surface area contributed by atoms with Gasteiger partial charge >= 0.3 is 5.97 Å². The van der Waals surface area contributed by atoms with Crippen molar-refractivity contribution in [1.29, 1.82) is 0 Å². The van der Waals surface area contributed by atoms with Crippen molar-refractivity contribution in [2.24, 2.45) is 35.0 Å². The molecule has 5 fully saturated rings. The van der Waals surface area contributed by atoms with Crippen LogP contribution in [0.1, 0.15) is 64.7 Å². The molecule has 1 heterocycles. The lowest BCUT2D eigenvalue weighted by Crippen LogP contribution is -2.61. The normalized spacial score (nSPS) is 53.2. The third kappa shape index (κ3) is 3.54. The Labute approximate surface area is 188 Å². The number of aliphatic hydroxyl groups excluding tert-OH is 3. The Kier molecular flexibility index (Phi) is 5.90. The van der Waals surface area contributed by atoms with Gasteiger partial charge in [-0.3, -0.25) is 4.79 Å². The molecule has 0 aromatic carbocycles. The van der Waals surface area contributed by atoms with Crippen LogP contribution in [0.25, 0.3) is 0 Å². The molecule has 0 bridgehead atoms. The molecule has 1 saturated heterocycles. The van der Waals surface area contributed by atoms with Crippen molar-refractivity contribution in [3.8, 4) is 0 Å². The average molecular weight is 453 g/mol. The summed E-state index contributed by atoms with van der Waals surface area (Å²) in [7, 11) is 0. The van der Waals surface area contributed by atoms with Crippen LogP contribution >= 0.6 is 0 Å². The van der Waals surface area contributed by atoms with Crippen molar-refractivity contribution in [3.63, 3.8) is 0 Å². The fourth-order valence-electron chi connectivity index (χ4n) is 8.06. The standard InChI is InChI=1S/C24H36O8/c1-24-9-8-14-13-5-3-12(10-11(13)2-4-15(14)16(24)6-7-17(24)25)31-23-20(28)18(26)19(27)21(32-23)22(29)30/h11-16,18-21,23,26-28H,2-10H2,1H3,(H,29,30)/t11?,12-,13+,14-,15-,16+,18+,19+,20-,21+,23?,24+/m1/s1. The molecule has 12 atom stereocenters. The molecule has 0 spiro atoms. The Balaban J connectivity index is 1.22. The minimum atomic E-state index is -1.70. The molecule has 4 saturated carbocycles. The van der Waals surface area contributed by atoms with Crippen LogP contribution < -0.4 is 0 Å². The Morgan fingerprint density at radius 2 is 1.72 bits per heavy atom. The van der Waals surface area contributed by atoms with Crippen LogP contribution in [0.3, 0.4) is 0 Å². The van der Waals surface area contributed by atoms with Gasteiger partial charge in [0.2, 0.25) is 0 Å². The van der Waals surface area contributed by atoms with E-state index in [0.717, 1.165) is 57.8 Å². The average Bonchev–Trinajstić information content (AvgIpc) is 3.08. The maximum absolute atomic E-state index is 12.5. The quantitative estimate of drug-likeness (QED) is 0.473. The summed E-state index contributed by atoms with van der Waals surface area (Å²) in [6, 6.07) is 0.